The van der Waals surface area contributed by atoms with Gasteiger partial charge in [0.1, 0.15) is 6.66 Å². The first-order chi connectivity index (χ1) is 7.40. The predicted molar refractivity (Wildman–Crippen MR) is 72.1 cm³/mol. The molecule has 1 rings (SSSR count). The molecule has 0 aliphatic rings. The lowest BCUT2D eigenvalue weighted by Crippen LogP contribution is -2.19. The maximum atomic E-state index is 4.32. The molecule has 0 aliphatic carbocycles. The molecule has 7 heteroatoms. The second kappa shape index (κ2) is 5.07. The predicted octanol–water partition coefficient (Wildman–Crippen LogP) is 0.874. The Morgan fingerprint density at radius 2 is 1.44 bits per heavy atom. The molecule has 0 radical (unpaired) electrons. The van der Waals surface area contributed by atoms with E-state index in [-0.39, 0.29) is 0 Å². The van der Waals surface area contributed by atoms with Crippen LogP contribution in [0.15, 0.2) is 0 Å². The highest BCUT2D eigenvalue weighted by atomic mass is 31.1. The Labute approximate surface area is 97.2 Å². The van der Waals surface area contributed by atoms with Gasteiger partial charge in [0.2, 0.25) is 19.6 Å². The minimum Gasteiger partial charge on any atom is -0.347 e. The molecule has 1 aromatic heterocycles. The van der Waals surface area contributed by atoms with Gasteiger partial charge in [0.15, 0.2) is 0 Å². The molecule has 0 amide bonds. The monoisotopic (exact) mass is 241 g/mol. The van der Waals surface area contributed by atoms with E-state index in [4.69, 9.17) is 0 Å². The molecule has 1 N–H and O–H groups in total. The summed E-state index contributed by atoms with van der Waals surface area (Å²) in [6.45, 7) is 2.00. The zero-order chi connectivity index (χ0) is 12.3. The number of hydrogen-bond acceptors (Lipinski definition) is 6. The third-order valence-electron chi connectivity index (χ3n) is 1.70. The summed E-state index contributed by atoms with van der Waals surface area (Å²) in [6, 6.07) is 0. The van der Waals surface area contributed by atoms with Crippen molar-refractivity contribution < 1.29 is 0 Å². The smallest absolute Gasteiger partial charge is 0.267 e. The Kier molecular flexibility index (Phi) is 4.01. The van der Waals surface area contributed by atoms with E-state index in [1.807, 2.05) is 44.7 Å². The van der Waals surface area contributed by atoms with Gasteiger partial charge in [-0.05, 0) is 0 Å². The molecule has 1 aromatic rings. The molecule has 88 valence electrons. The topological polar surface area (TPSA) is 57.2 Å². The first kappa shape index (κ1) is 12.6. The quantitative estimate of drug-likeness (QED) is 0.789. The van der Waals surface area contributed by atoms with Gasteiger partial charge in [0.25, 0.3) is 5.95 Å². The van der Waals surface area contributed by atoms with E-state index in [0.29, 0.717) is 17.8 Å². The molecule has 0 saturated heterocycles. The molecule has 1 atom stereocenters. The summed E-state index contributed by atoms with van der Waals surface area (Å²) in [6.07, 6.45) is 3.91. The average Bonchev–Trinajstić information content (AvgIpc) is 2.15. The van der Waals surface area contributed by atoms with Crippen LogP contribution in [-0.4, -0.2) is 56.1 Å². The molecule has 0 fully saturated rings. The zero-order valence-corrected chi connectivity index (χ0v) is 11.3. The van der Waals surface area contributed by atoms with Gasteiger partial charge in [0, 0.05) is 28.2 Å². The molecular weight excluding hydrogens is 223 g/mol. The Hall–Kier alpha value is -1.42. The highest BCUT2D eigenvalue weighted by Gasteiger charge is 2.11. The number of rotatable bonds is 4. The second-order valence-corrected chi connectivity index (χ2v) is 5.48. The third-order valence-corrected chi connectivity index (χ3v) is 2.28. The fourth-order valence-electron chi connectivity index (χ4n) is 0.975. The van der Waals surface area contributed by atoms with Gasteiger partial charge in [-0.25, -0.2) is 0 Å². The third kappa shape index (κ3) is 3.31. The molecule has 0 aromatic carbocycles. The lowest BCUT2D eigenvalue weighted by atomic mass is 10.7. The van der Waals surface area contributed by atoms with E-state index >= 15 is 0 Å². The summed E-state index contributed by atoms with van der Waals surface area (Å²) in [5.74, 6) is 1.85. The van der Waals surface area contributed by atoms with Crippen LogP contribution in [0.4, 0.5) is 17.8 Å². The summed E-state index contributed by atoms with van der Waals surface area (Å²) in [5, 5.41) is 3.13. The van der Waals surface area contributed by atoms with E-state index in [1.165, 1.54) is 0 Å². The fraction of sp³-hybridized carbons (Fsp3) is 0.556. The Bertz CT molecular complexity index is 363. The molecule has 0 saturated carbocycles. The van der Waals surface area contributed by atoms with E-state index in [2.05, 4.69) is 26.3 Å². The van der Waals surface area contributed by atoms with Crippen LogP contribution in [0.3, 0.4) is 0 Å². The van der Waals surface area contributed by atoms with Gasteiger partial charge in [-0.15, -0.1) is 0 Å². The molecule has 1 heterocycles. The van der Waals surface area contributed by atoms with Crippen molar-refractivity contribution in [2.45, 2.75) is 0 Å². The maximum absolute atomic E-state index is 4.32. The van der Waals surface area contributed by atoms with Crippen LogP contribution in [0.25, 0.3) is 0 Å². The number of aromatic nitrogens is 3. The molecule has 16 heavy (non-hydrogen) atoms. The highest BCUT2D eigenvalue weighted by Crippen LogP contribution is 2.19. The maximum Gasteiger partial charge on any atom is 0.267 e. The minimum absolute atomic E-state index is 0.530. The van der Waals surface area contributed by atoms with Gasteiger partial charge in [-0.3, -0.25) is 0 Å². The van der Waals surface area contributed by atoms with Crippen LogP contribution >= 0.6 is 7.70 Å². The fourth-order valence-corrected chi connectivity index (χ4v) is 1.42. The van der Waals surface area contributed by atoms with E-state index in [9.17, 15) is 0 Å². The Morgan fingerprint density at radius 1 is 1.00 bits per heavy atom. The minimum atomic E-state index is -0.530. The SMILES string of the molecule is C=[P+](C)Nc1nc(N(C)C)nc(N(C)C)n1. The van der Waals surface area contributed by atoms with Crippen molar-refractivity contribution >= 4 is 31.8 Å². The van der Waals surface area contributed by atoms with Crippen LogP contribution in [0, 0.1) is 0 Å². The molecule has 0 bridgehead atoms. The Balaban J connectivity index is 3.13. The van der Waals surface area contributed by atoms with Crippen molar-refractivity contribution in [3.8, 4) is 0 Å². The van der Waals surface area contributed by atoms with Gasteiger partial charge >= 0.3 is 0 Å². The summed E-state index contributed by atoms with van der Waals surface area (Å²) < 4.78 is 0. The van der Waals surface area contributed by atoms with Crippen molar-refractivity contribution in [1.82, 2.24) is 15.0 Å². The number of nitrogens with one attached hydrogen (secondary N) is 1. The van der Waals surface area contributed by atoms with Gasteiger partial charge in [-0.2, -0.15) is 20.0 Å². The number of nitrogens with zero attached hydrogens (tertiary/aromatic N) is 5. The van der Waals surface area contributed by atoms with Gasteiger partial charge < -0.3 is 9.80 Å². The summed E-state index contributed by atoms with van der Waals surface area (Å²) in [7, 11) is 7.07. The highest BCUT2D eigenvalue weighted by molar-refractivity contribution is 7.56. The van der Waals surface area contributed by atoms with E-state index < -0.39 is 7.70 Å². The first-order valence-corrected chi connectivity index (χ1v) is 6.79. The Morgan fingerprint density at radius 3 is 1.75 bits per heavy atom. The molecule has 0 aliphatic heterocycles. The molecule has 6 nitrogen and oxygen atoms in total. The molecule has 0 spiro atoms. The van der Waals surface area contributed by atoms with Crippen molar-refractivity contribution in [2.24, 2.45) is 0 Å². The van der Waals surface area contributed by atoms with Crippen LogP contribution < -0.4 is 14.9 Å². The largest absolute Gasteiger partial charge is 0.347 e. The summed E-state index contributed by atoms with van der Waals surface area (Å²) in [4.78, 5) is 16.6. The van der Waals surface area contributed by atoms with Crippen LogP contribution in [0.1, 0.15) is 0 Å². The lowest BCUT2D eigenvalue weighted by molar-refractivity contribution is 0.922. The average molecular weight is 241 g/mol. The zero-order valence-electron chi connectivity index (χ0n) is 10.4. The summed E-state index contributed by atoms with van der Waals surface area (Å²) >= 11 is 0. The molecular formula is C9H18N6P+. The van der Waals surface area contributed by atoms with Crippen LogP contribution in [0.5, 0.6) is 0 Å². The van der Waals surface area contributed by atoms with Crippen molar-refractivity contribution in [3.63, 3.8) is 0 Å². The number of hydrogen-bond donors (Lipinski definition) is 1. The molecule has 1 unspecified atom stereocenters. The van der Waals surface area contributed by atoms with Crippen LogP contribution in [-0.2, 0) is 0 Å². The van der Waals surface area contributed by atoms with Gasteiger partial charge in [-0.1, -0.05) is 0 Å². The first-order valence-electron chi connectivity index (χ1n) is 4.81. The lowest BCUT2D eigenvalue weighted by Gasteiger charge is -2.15. The van der Waals surface area contributed by atoms with Crippen molar-refractivity contribution in [2.75, 3.05) is 49.7 Å². The van der Waals surface area contributed by atoms with Gasteiger partial charge in [0.05, 0.1) is 6.30 Å². The standard InChI is InChI=1S/C9H18N6P/c1-14(2)8-10-7(13-16(5)6)11-9(12-8)15(3)4/h5H2,1-4,6H3,(H,10,11,12,13)/q+1. The van der Waals surface area contributed by atoms with Crippen LogP contribution in [0.2, 0.25) is 0 Å². The van der Waals surface area contributed by atoms with E-state index in [1.54, 1.807) is 0 Å². The summed E-state index contributed by atoms with van der Waals surface area (Å²) in [5.41, 5.74) is 0. The van der Waals surface area contributed by atoms with Crippen molar-refractivity contribution in [1.29, 1.82) is 0 Å². The van der Waals surface area contributed by atoms with E-state index in [0.717, 1.165) is 0 Å². The van der Waals surface area contributed by atoms with Crippen molar-refractivity contribution in [3.05, 3.63) is 0 Å². The second-order valence-electron chi connectivity index (χ2n) is 3.86. The normalized spacial score (nSPS) is 10.9. The number of anilines is 3.